The van der Waals surface area contributed by atoms with E-state index in [-0.39, 0.29) is 26.1 Å². The van der Waals surface area contributed by atoms with Crippen molar-refractivity contribution in [1.82, 2.24) is 15.7 Å². The van der Waals surface area contributed by atoms with Crippen LogP contribution in [0.15, 0.2) is 30.3 Å². The summed E-state index contributed by atoms with van der Waals surface area (Å²) in [4.78, 5) is 60.4. The van der Waals surface area contributed by atoms with Crippen LogP contribution >= 0.6 is 0 Å². The third-order valence-electron chi connectivity index (χ3n) is 10.5. The Hall–Kier alpha value is -3.61. The highest BCUT2D eigenvalue weighted by molar-refractivity contribution is 5.96. The number of hydrogen-bond acceptors (Lipinski definition) is 12. The SMILES string of the molecule is CCCCCC1(CCCCC)O[C@@H]2[C@H](O1)[C@H]1ON(Cc3cccc(C=CC(=O)OCC(F)(F)F)c3)[C@H]3C(=O)O[C@@H]2C[C@@]13C(=O)N[C@@H](C(=O)NCCO)[C@H](C)O. The molecule has 1 aliphatic carbocycles. The first kappa shape index (κ1) is 42.5. The normalized spacial score (nSPS) is 28.0. The van der Waals surface area contributed by atoms with Gasteiger partial charge in [0.2, 0.25) is 11.8 Å². The van der Waals surface area contributed by atoms with Crippen molar-refractivity contribution >= 4 is 29.8 Å². The summed E-state index contributed by atoms with van der Waals surface area (Å²) in [5.41, 5.74) is -0.687. The summed E-state index contributed by atoms with van der Waals surface area (Å²) in [6, 6.07) is 3.80. The fourth-order valence-corrected chi connectivity index (χ4v) is 8.01. The molecule has 2 amide bonds. The number of aliphatic hydroxyl groups excluding tert-OH is 2. The quantitative estimate of drug-likeness (QED) is 0.0916. The summed E-state index contributed by atoms with van der Waals surface area (Å²) in [7, 11) is 0. The topological polar surface area (TPSA) is 182 Å². The lowest BCUT2D eigenvalue weighted by molar-refractivity contribution is -0.224. The highest BCUT2D eigenvalue weighted by atomic mass is 19.4. The molecular weight excluding hydrogens is 731 g/mol. The maximum atomic E-state index is 14.7. The highest BCUT2D eigenvalue weighted by Crippen LogP contribution is 2.58. The minimum atomic E-state index is -4.67. The number of halogens is 3. The van der Waals surface area contributed by atoms with E-state index in [4.69, 9.17) is 19.0 Å². The van der Waals surface area contributed by atoms with Crippen LogP contribution < -0.4 is 10.6 Å². The molecule has 1 saturated carbocycles. The molecule has 0 unspecified atom stereocenters. The number of alkyl halides is 3. The molecule has 3 heterocycles. The lowest BCUT2D eigenvalue weighted by atomic mass is 9.62. The average molecular weight is 784 g/mol. The number of hydrogen-bond donors (Lipinski definition) is 4. The van der Waals surface area contributed by atoms with Crippen LogP contribution in [0.5, 0.6) is 0 Å². The number of benzene rings is 1. The Kier molecular flexibility index (Phi) is 14.0. The molecule has 4 aliphatic rings. The number of fused-ring (bicyclic) bond motifs is 4. The van der Waals surface area contributed by atoms with Crippen LogP contribution in [0.1, 0.15) is 89.7 Å². The Labute approximate surface area is 318 Å². The predicted octanol–water partition coefficient (Wildman–Crippen LogP) is 3.22. The predicted molar refractivity (Wildman–Crippen MR) is 188 cm³/mol. The van der Waals surface area contributed by atoms with Gasteiger partial charge in [0.15, 0.2) is 18.4 Å². The number of rotatable bonds is 19. The molecule has 17 heteroatoms. The number of nitrogens with zero attached hydrogens (tertiary/aromatic N) is 1. The molecule has 8 atom stereocenters. The second-order valence-corrected chi connectivity index (χ2v) is 14.7. The van der Waals surface area contributed by atoms with Crippen LogP contribution in [-0.4, -0.2) is 113 Å². The summed E-state index contributed by atoms with van der Waals surface area (Å²) in [5, 5.41) is 26.3. The minimum Gasteiger partial charge on any atom is -0.458 e. The summed E-state index contributed by atoms with van der Waals surface area (Å²) >= 11 is 0. The molecule has 3 aliphatic heterocycles. The number of amides is 2. The number of carbonyl (C=O) groups is 4. The van der Waals surface area contributed by atoms with Gasteiger partial charge in [0.25, 0.3) is 0 Å². The number of nitrogens with one attached hydrogen (secondary N) is 2. The molecule has 5 rings (SSSR count). The largest absolute Gasteiger partial charge is 0.458 e. The van der Waals surface area contributed by atoms with Crippen LogP contribution in [0.3, 0.4) is 0 Å². The number of hydroxylamine groups is 2. The fraction of sp³-hybridized carbons (Fsp3) is 0.684. The number of aliphatic hydroxyl groups is 2. The zero-order valence-electron chi connectivity index (χ0n) is 31.3. The first-order valence-electron chi connectivity index (χ1n) is 19.0. The first-order valence-corrected chi connectivity index (χ1v) is 19.0. The van der Waals surface area contributed by atoms with Gasteiger partial charge < -0.3 is 39.8 Å². The van der Waals surface area contributed by atoms with E-state index in [1.165, 1.54) is 18.1 Å². The zero-order valence-corrected chi connectivity index (χ0v) is 31.3. The molecule has 0 aromatic heterocycles. The number of esters is 2. The van der Waals surface area contributed by atoms with E-state index < -0.39 is 90.3 Å². The van der Waals surface area contributed by atoms with Crippen molar-refractivity contribution in [3.63, 3.8) is 0 Å². The molecular formula is C38H52F3N3O11. The van der Waals surface area contributed by atoms with E-state index in [9.17, 15) is 42.6 Å². The number of ether oxygens (including phenoxy) is 4. The van der Waals surface area contributed by atoms with Crippen LogP contribution in [0.4, 0.5) is 13.2 Å². The second-order valence-electron chi connectivity index (χ2n) is 14.7. The zero-order chi connectivity index (χ0) is 40.0. The third kappa shape index (κ3) is 9.68. The lowest BCUT2D eigenvalue weighted by Gasteiger charge is -2.49. The van der Waals surface area contributed by atoms with Gasteiger partial charge in [-0.1, -0.05) is 63.8 Å². The van der Waals surface area contributed by atoms with Gasteiger partial charge in [0.1, 0.15) is 35.9 Å². The van der Waals surface area contributed by atoms with Crippen LogP contribution in [-0.2, 0) is 49.5 Å². The third-order valence-corrected chi connectivity index (χ3v) is 10.5. The molecule has 4 N–H and O–H groups in total. The maximum Gasteiger partial charge on any atom is 0.422 e. The van der Waals surface area contributed by atoms with E-state index in [1.54, 1.807) is 24.3 Å². The number of carbonyl (C=O) groups excluding carboxylic acids is 4. The molecule has 1 aromatic rings. The van der Waals surface area contributed by atoms with Crippen molar-refractivity contribution in [3.05, 3.63) is 41.5 Å². The van der Waals surface area contributed by atoms with E-state index in [0.29, 0.717) is 24.0 Å². The van der Waals surface area contributed by atoms with Crippen LogP contribution in [0, 0.1) is 5.41 Å². The highest BCUT2D eigenvalue weighted by Gasteiger charge is 2.76. The van der Waals surface area contributed by atoms with Crippen molar-refractivity contribution in [2.24, 2.45) is 5.41 Å². The van der Waals surface area contributed by atoms with Crippen molar-refractivity contribution < 1.29 is 66.3 Å². The second kappa shape index (κ2) is 18.1. The Bertz CT molecular complexity index is 1550. The molecule has 4 fully saturated rings. The molecule has 3 saturated heterocycles. The number of unbranched alkanes of at least 4 members (excludes halogenated alkanes) is 4. The Balaban J connectivity index is 1.48. The van der Waals surface area contributed by atoms with E-state index >= 15 is 0 Å². The van der Waals surface area contributed by atoms with Gasteiger partial charge in [-0.3, -0.25) is 19.2 Å². The van der Waals surface area contributed by atoms with E-state index in [2.05, 4.69) is 29.2 Å². The van der Waals surface area contributed by atoms with Crippen LogP contribution in [0.2, 0.25) is 0 Å². The molecule has 14 nitrogen and oxygen atoms in total. The van der Waals surface area contributed by atoms with Crippen molar-refractivity contribution in [3.8, 4) is 0 Å². The van der Waals surface area contributed by atoms with Gasteiger partial charge in [-0.25, -0.2) is 4.79 Å². The van der Waals surface area contributed by atoms with E-state index in [1.807, 2.05) is 0 Å². The molecule has 1 aromatic carbocycles. The van der Waals surface area contributed by atoms with Crippen molar-refractivity contribution in [1.29, 1.82) is 0 Å². The van der Waals surface area contributed by atoms with Gasteiger partial charge in [-0.15, -0.1) is 0 Å². The molecule has 0 spiro atoms. The van der Waals surface area contributed by atoms with Gasteiger partial charge in [-0.05, 0) is 37.0 Å². The molecule has 306 valence electrons. The Morgan fingerprint density at radius 2 is 1.78 bits per heavy atom. The minimum absolute atomic E-state index is 0.0332. The van der Waals surface area contributed by atoms with E-state index in [0.717, 1.165) is 44.6 Å². The fourth-order valence-electron chi connectivity index (χ4n) is 8.01. The Morgan fingerprint density at radius 1 is 1.09 bits per heavy atom. The van der Waals surface area contributed by atoms with Gasteiger partial charge >= 0.3 is 18.1 Å². The van der Waals surface area contributed by atoms with Crippen LogP contribution in [0.25, 0.3) is 6.08 Å². The van der Waals surface area contributed by atoms with Gasteiger partial charge in [0.05, 0.1) is 19.3 Å². The van der Waals surface area contributed by atoms with Crippen molar-refractivity contribution in [2.75, 3.05) is 19.8 Å². The summed E-state index contributed by atoms with van der Waals surface area (Å²) < 4.78 is 61.3. The monoisotopic (exact) mass is 783 g/mol. The van der Waals surface area contributed by atoms with Gasteiger partial charge in [-0.2, -0.15) is 18.2 Å². The summed E-state index contributed by atoms with van der Waals surface area (Å²) in [5.74, 6) is -4.42. The lowest BCUT2D eigenvalue weighted by Crippen LogP contribution is -2.71. The van der Waals surface area contributed by atoms with Crippen molar-refractivity contribution in [2.45, 2.75) is 140 Å². The van der Waals surface area contributed by atoms with Gasteiger partial charge in [0, 0.05) is 31.9 Å². The molecule has 55 heavy (non-hydrogen) atoms. The standard InChI is InChI=1S/C38H52F3N3O11/c1-4-6-8-15-36(16-9-7-5-2)53-29-26-20-37(35(50)43-28(23(3)46)33(48)42-17-18-45)31(34(49)52-26)44(55-32(37)30(29)54-36)21-25-12-10-11-24(19-25)13-14-27(47)51-22-38(39,40)41/h10-14,19,23,26,28-32,45-46H,4-9,15-18,20-22H2,1-3H3,(H,42,48)(H,43,50)/t23-,26+,28+,29-,30-,31-,32+,37-/m0/s1. The summed E-state index contributed by atoms with van der Waals surface area (Å²) in [6.07, 6.45) is -0.878. The molecule has 0 radical (unpaired) electrons. The smallest absolute Gasteiger partial charge is 0.422 e. The average Bonchev–Trinajstić information content (AvgIpc) is 3.69. The maximum absolute atomic E-state index is 14.7. The summed E-state index contributed by atoms with van der Waals surface area (Å²) in [6.45, 7) is 3.23. The molecule has 2 bridgehead atoms. The first-order chi connectivity index (χ1) is 26.2. The Morgan fingerprint density at radius 3 is 2.42 bits per heavy atom.